The number of nitrogens with zero attached hydrogens (tertiary/aromatic N) is 1. The summed E-state index contributed by atoms with van der Waals surface area (Å²) in [5, 5.41) is 9.94. The zero-order valence-corrected chi connectivity index (χ0v) is 9.13. The molecule has 1 heterocycles. The third-order valence-corrected chi connectivity index (χ3v) is 2.51. The van der Waals surface area contributed by atoms with Gasteiger partial charge in [-0.2, -0.15) is 5.10 Å². The van der Waals surface area contributed by atoms with Crippen LogP contribution in [0.3, 0.4) is 0 Å². The van der Waals surface area contributed by atoms with Crippen LogP contribution < -0.4 is 5.32 Å². The summed E-state index contributed by atoms with van der Waals surface area (Å²) in [6, 6.07) is 6.74. The first-order valence-corrected chi connectivity index (χ1v) is 5.24. The molecule has 0 saturated carbocycles. The molecule has 0 saturated heterocycles. The lowest BCUT2D eigenvalue weighted by atomic mass is 10.0. The van der Waals surface area contributed by atoms with E-state index in [-0.39, 0.29) is 5.82 Å². The molecule has 0 bridgehead atoms. The Bertz CT molecular complexity index is 465. The van der Waals surface area contributed by atoms with E-state index >= 15 is 0 Å². The molecule has 16 heavy (non-hydrogen) atoms. The summed E-state index contributed by atoms with van der Waals surface area (Å²) in [7, 11) is 1.89. The lowest BCUT2D eigenvalue weighted by Gasteiger charge is -2.04. The topological polar surface area (TPSA) is 40.7 Å². The van der Waals surface area contributed by atoms with Crippen molar-refractivity contribution in [2.24, 2.45) is 0 Å². The lowest BCUT2D eigenvalue weighted by molar-refractivity contribution is 0.631. The van der Waals surface area contributed by atoms with Crippen molar-refractivity contribution in [1.29, 1.82) is 0 Å². The van der Waals surface area contributed by atoms with Crippen molar-refractivity contribution in [2.45, 2.75) is 6.42 Å². The number of rotatable bonds is 4. The Kier molecular flexibility index (Phi) is 3.31. The van der Waals surface area contributed by atoms with Gasteiger partial charge in [0.05, 0.1) is 6.20 Å². The molecule has 4 heteroatoms. The zero-order chi connectivity index (χ0) is 11.4. The van der Waals surface area contributed by atoms with Gasteiger partial charge in [0.25, 0.3) is 0 Å². The second-order valence-corrected chi connectivity index (χ2v) is 3.60. The normalized spacial score (nSPS) is 10.6. The number of hydrogen-bond acceptors (Lipinski definition) is 2. The molecular weight excluding hydrogens is 205 g/mol. The Balaban J connectivity index is 2.33. The van der Waals surface area contributed by atoms with Gasteiger partial charge in [0.2, 0.25) is 0 Å². The van der Waals surface area contributed by atoms with Crippen molar-refractivity contribution < 1.29 is 4.39 Å². The number of hydrogen-bond donors (Lipinski definition) is 2. The smallest absolute Gasteiger partial charge is 0.131 e. The zero-order valence-electron chi connectivity index (χ0n) is 9.13. The van der Waals surface area contributed by atoms with E-state index in [0.29, 0.717) is 5.56 Å². The fourth-order valence-corrected chi connectivity index (χ4v) is 1.67. The fourth-order valence-electron chi connectivity index (χ4n) is 1.67. The van der Waals surface area contributed by atoms with Crippen LogP contribution in [0.2, 0.25) is 0 Å². The summed E-state index contributed by atoms with van der Waals surface area (Å²) in [6.07, 6.45) is 2.48. The number of likely N-dealkylation sites (N-methyl/N-ethyl adjacent to an activating group) is 1. The van der Waals surface area contributed by atoms with Gasteiger partial charge in [-0.3, -0.25) is 5.10 Å². The van der Waals surface area contributed by atoms with Gasteiger partial charge in [0.1, 0.15) is 5.82 Å². The molecule has 0 radical (unpaired) electrons. The van der Waals surface area contributed by atoms with Crippen molar-refractivity contribution >= 4 is 0 Å². The molecule has 1 aromatic carbocycles. The van der Waals surface area contributed by atoms with Gasteiger partial charge in [-0.25, -0.2) is 4.39 Å². The van der Waals surface area contributed by atoms with E-state index in [1.807, 2.05) is 13.1 Å². The van der Waals surface area contributed by atoms with Gasteiger partial charge in [-0.05, 0) is 13.1 Å². The largest absolute Gasteiger partial charge is 0.319 e. The molecule has 2 aromatic rings. The van der Waals surface area contributed by atoms with E-state index in [0.717, 1.165) is 24.2 Å². The predicted molar refractivity (Wildman–Crippen MR) is 61.6 cm³/mol. The Labute approximate surface area is 93.7 Å². The molecule has 84 valence electrons. The minimum atomic E-state index is -0.213. The number of halogens is 1. The third-order valence-electron chi connectivity index (χ3n) is 2.51. The maximum absolute atomic E-state index is 13.6. The minimum Gasteiger partial charge on any atom is -0.319 e. The number of aromatic amines is 1. The van der Waals surface area contributed by atoms with Gasteiger partial charge in [0.15, 0.2) is 0 Å². The fraction of sp³-hybridized carbons (Fsp3) is 0.250. The second-order valence-electron chi connectivity index (χ2n) is 3.60. The summed E-state index contributed by atoms with van der Waals surface area (Å²) in [5.41, 5.74) is 2.40. The number of benzene rings is 1. The first-order valence-electron chi connectivity index (χ1n) is 5.24. The summed E-state index contributed by atoms with van der Waals surface area (Å²) in [6.45, 7) is 0.837. The average Bonchev–Trinajstić information content (AvgIpc) is 2.75. The SMILES string of the molecule is CNCCc1[nH]ncc1-c1ccccc1F. The van der Waals surface area contributed by atoms with Crippen LogP contribution in [0, 0.1) is 5.82 Å². The van der Waals surface area contributed by atoms with Gasteiger partial charge >= 0.3 is 0 Å². The molecule has 1 aromatic heterocycles. The maximum Gasteiger partial charge on any atom is 0.131 e. The first-order chi connectivity index (χ1) is 7.83. The minimum absolute atomic E-state index is 0.213. The highest BCUT2D eigenvalue weighted by Crippen LogP contribution is 2.24. The van der Waals surface area contributed by atoms with E-state index in [9.17, 15) is 4.39 Å². The van der Waals surface area contributed by atoms with Gasteiger partial charge in [0, 0.05) is 29.8 Å². The van der Waals surface area contributed by atoms with Crippen LogP contribution in [0.25, 0.3) is 11.1 Å². The van der Waals surface area contributed by atoms with Gasteiger partial charge < -0.3 is 5.32 Å². The van der Waals surface area contributed by atoms with E-state index in [4.69, 9.17) is 0 Å². The predicted octanol–water partition coefficient (Wildman–Crippen LogP) is 1.98. The molecule has 2 N–H and O–H groups in total. The molecule has 3 nitrogen and oxygen atoms in total. The molecule has 0 unspecified atom stereocenters. The highest BCUT2D eigenvalue weighted by atomic mass is 19.1. The molecule has 0 spiro atoms. The highest BCUT2D eigenvalue weighted by Gasteiger charge is 2.10. The van der Waals surface area contributed by atoms with Crippen LogP contribution in [0.4, 0.5) is 4.39 Å². The van der Waals surface area contributed by atoms with Crippen LogP contribution >= 0.6 is 0 Å². The number of nitrogens with one attached hydrogen (secondary N) is 2. The van der Waals surface area contributed by atoms with E-state index < -0.39 is 0 Å². The molecule has 0 amide bonds. The lowest BCUT2D eigenvalue weighted by Crippen LogP contribution is -2.11. The van der Waals surface area contributed by atoms with Gasteiger partial charge in [-0.15, -0.1) is 0 Å². The molecule has 0 aliphatic rings. The highest BCUT2D eigenvalue weighted by molar-refractivity contribution is 5.65. The first kappa shape index (κ1) is 10.8. The Morgan fingerprint density at radius 2 is 2.12 bits per heavy atom. The van der Waals surface area contributed by atoms with Gasteiger partial charge in [-0.1, -0.05) is 18.2 Å². The van der Waals surface area contributed by atoms with E-state index in [1.165, 1.54) is 6.07 Å². The molecule has 0 aliphatic carbocycles. The van der Waals surface area contributed by atoms with Crippen molar-refractivity contribution in [1.82, 2.24) is 15.5 Å². The van der Waals surface area contributed by atoms with Crippen molar-refractivity contribution in [3.63, 3.8) is 0 Å². The Hall–Kier alpha value is -1.68. The van der Waals surface area contributed by atoms with Crippen LogP contribution in [0.5, 0.6) is 0 Å². The third kappa shape index (κ3) is 2.12. The van der Waals surface area contributed by atoms with Crippen LogP contribution in [0.15, 0.2) is 30.5 Å². The van der Waals surface area contributed by atoms with Crippen molar-refractivity contribution in [3.8, 4) is 11.1 Å². The van der Waals surface area contributed by atoms with Crippen molar-refractivity contribution in [3.05, 3.63) is 42.0 Å². The quantitative estimate of drug-likeness (QED) is 0.825. The molecular formula is C12H14FN3. The van der Waals surface area contributed by atoms with E-state index in [1.54, 1.807) is 18.3 Å². The monoisotopic (exact) mass is 219 g/mol. The summed E-state index contributed by atoms with van der Waals surface area (Å²) < 4.78 is 13.6. The summed E-state index contributed by atoms with van der Waals surface area (Å²) in [4.78, 5) is 0. The standard InChI is InChI=1S/C12H14FN3/c1-14-7-6-12-10(8-15-16-12)9-4-2-3-5-11(9)13/h2-5,8,14H,6-7H2,1H3,(H,15,16). The van der Waals surface area contributed by atoms with Crippen LogP contribution in [0.1, 0.15) is 5.69 Å². The van der Waals surface area contributed by atoms with Crippen molar-refractivity contribution in [2.75, 3.05) is 13.6 Å². The summed E-state index contributed by atoms with van der Waals surface area (Å²) in [5.74, 6) is -0.213. The number of aromatic nitrogens is 2. The average molecular weight is 219 g/mol. The van der Waals surface area contributed by atoms with E-state index in [2.05, 4.69) is 15.5 Å². The molecule has 0 atom stereocenters. The van der Waals surface area contributed by atoms with Crippen LogP contribution in [-0.4, -0.2) is 23.8 Å². The Morgan fingerprint density at radius 1 is 1.31 bits per heavy atom. The molecule has 0 fully saturated rings. The molecule has 2 rings (SSSR count). The Morgan fingerprint density at radius 3 is 2.88 bits per heavy atom. The molecule has 0 aliphatic heterocycles. The summed E-state index contributed by atoms with van der Waals surface area (Å²) >= 11 is 0. The van der Waals surface area contributed by atoms with Crippen LogP contribution in [-0.2, 0) is 6.42 Å². The maximum atomic E-state index is 13.6. The number of H-pyrrole nitrogens is 1. The second kappa shape index (κ2) is 4.90.